The first-order valence-electron chi connectivity index (χ1n) is 8.66. The lowest BCUT2D eigenvalue weighted by Crippen LogP contribution is -2.34. The molecule has 0 saturated heterocycles. The summed E-state index contributed by atoms with van der Waals surface area (Å²) in [6.45, 7) is 9.58. The average molecular weight is 330 g/mol. The van der Waals surface area contributed by atoms with E-state index in [9.17, 15) is 4.79 Å². The summed E-state index contributed by atoms with van der Waals surface area (Å²) in [5, 5.41) is 5.27. The van der Waals surface area contributed by atoms with Crippen LogP contribution in [-0.4, -0.2) is 37.7 Å². The number of nitrogens with one attached hydrogen (secondary N) is 1. The van der Waals surface area contributed by atoms with Crippen LogP contribution in [0.25, 0.3) is 10.8 Å². The Hall–Kier alpha value is -2.07. The van der Waals surface area contributed by atoms with E-state index in [0.29, 0.717) is 6.54 Å². The highest BCUT2D eigenvalue weighted by atomic mass is 16.5. The lowest BCUT2D eigenvalue weighted by atomic mass is 10.0. The summed E-state index contributed by atoms with van der Waals surface area (Å²) >= 11 is 0. The van der Waals surface area contributed by atoms with Crippen LogP contribution in [0.2, 0.25) is 0 Å². The van der Waals surface area contributed by atoms with Gasteiger partial charge in [0.15, 0.2) is 0 Å². The number of nitrogens with zero attached hydrogens (tertiary/aromatic N) is 1. The summed E-state index contributed by atoms with van der Waals surface area (Å²) in [4.78, 5) is 13.4. The van der Waals surface area contributed by atoms with Crippen molar-refractivity contribution in [2.24, 2.45) is 0 Å². The van der Waals surface area contributed by atoms with Crippen LogP contribution in [0, 0.1) is 0 Å². The lowest BCUT2D eigenvalue weighted by Gasteiger charge is -2.21. The molecule has 0 spiro atoms. The van der Waals surface area contributed by atoms with Crippen molar-refractivity contribution in [2.75, 3.05) is 26.7 Å². The largest absolute Gasteiger partial charge is 0.453 e. The molecule has 0 unspecified atom stereocenters. The molecule has 4 heteroatoms. The van der Waals surface area contributed by atoms with Gasteiger partial charge < -0.3 is 10.1 Å². The van der Waals surface area contributed by atoms with Crippen LogP contribution in [0.5, 0.6) is 0 Å². The highest BCUT2D eigenvalue weighted by Crippen LogP contribution is 2.19. The lowest BCUT2D eigenvalue weighted by molar-refractivity contribution is 0.168. The number of alkyl carbamates (subject to hydrolysis) is 1. The van der Waals surface area contributed by atoms with Gasteiger partial charge in [0.1, 0.15) is 0 Å². The molecule has 2 rings (SSSR count). The van der Waals surface area contributed by atoms with Crippen molar-refractivity contribution in [3.05, 3.63) is 48.0 Å². The number of carbonyl (C=O) groups is 1. The SMILES string of the molecule is CCC.CCN(CCNC(=O)OC)Cc1cccc2ccccc12. The van der Waals surface area contributed by atoms with Gasteiger partial charge in [0, 0.05) is 19.6 Å². The van der Waals surface area contributed by atoms with E-state index in [1.54, 1.807) is 0 Å². The fourth-order valence-corrected chi connectivity index (χ4v) is 2.41. The number of ether oxygens (including phenoxy) is 1. The summed E-state index contributed by atoms with van der Waals surface area (Å²) in [7, 11) is 1.38. The number of amides is 1. The summed E-state index contributed by atoms with van der Waals surface area (Å²) in [5.41, 5.74) is 1.31. The Bertz CT molecular complexity index is 608. The number of hydrogen-bond acceptors (Lipinski definition) is 3. The van der Waals surface area contributed by atoms with Gasteiger partial charge in [-0.05, 0) is 22.9 Å². The van der Waals surface area contributed by atoms with Gasteiger partial charge in [0.2, 0.25) is 0 Å². The molecule has 2 aromatic carbocycles. The minimum Gasteiger partial charge on any atom is -0.453 e. The van der Waals surface area contributed by atoms with Crippen molar-refractivity contribution >= 4 is 16.9 Å². The van der Waals surface area contributed by atoms with E-state index in [2.05, 4.69) is 78.2 Å². The average Bonchev–Trinajstić information content (AvgIpc) is 2.61. The predicted octanol–water partition coefficient (Wildman–Crippen LogP) is 4.43. The number of likely N-dealkylation sites (N-methyl/N-ethyl adjacent to an activating group) is 1. The molecule has 0 saturated carbocycles. The molecule has 0 aromatic heterocycles. The van der Waals surface area contributed by atoms with Gasteiger partial charge in [0.25, 0.3) is 0 Å². The molecule has 132 valence electrons. The number of carbonyl (C=O) groups excluding carboxylic acids is 1. The maximum absolute atomic E-state index is 11.1. The first-order chi connectivity index (χ1) is 11.7. The Morgan fingerprint density at radius 2 is 1.75 bits per heavy atom. The van der Waals surface area contributed by atoms with E-state index >= 15 is 0 Å². The van der Waals surface area contributed by atoms with Crippen LogP contribution in [-0.2, 0) is 11.3 Å². The van der Waals surface area contributed by atoms with Gasteiger partial charge in [-0.3, -0.25) is 4.90 Å². The second kappa shape index (κ2) is 11.5. The number of fused-ring (bicyclic) bond motifs is 1. The minimum atomic E-state index is -0.379. The van der Waals surface area contributed by atoms with Gasteiger partial charge in [-0.2, -0.15) is 0 Å². The third-order valence-corrected chi connectivity index (χ3v) is 3.60. The van der Waals surface area contributed by atoms with Crippen molar-refractivity contribution in [1.29, 1.82) is 0 Å². The smallest absolute Gasteiger partial charge is 0.406 e. The van der Waals surface area contributed by atoms with Crippen molar-refractivity contribution in [3.63, 3.8) is 0 Å². The molecular formula is C20H30N2O2. The second-order valence-electron chi connectivity index (χ2n) is 5.63. The molecule has 0 fully saturated rings. The van der Waals surface area contributed by atoms with E-state index in [1.165, 1.54) is 29.9 Å². The molecule has 1 N–H and O–H groups in total. The summed E-state index contributed by atoms with van der Waals surface area (Å²) in [5.74, 6) is 0. The van der Waals surface area contributed by atoms with Crippen molar-refractivity contribution in [3.8, 4) is 0 Å². The van der Waals surface area contributed by atoms with E-state index in [4.69, 9.17) is 0 Å². The molecule has 2 aromatic rings. The van der Waals surface area contributed by atoms with Gasteiger partial charge in [-0.1, -0.05) is 69.7 Å². The van der Waals surface area contributed by atoms with E-state index < -0.39 is 0 Å². The molecule has 0 heterocycles. The van der Waals surface area contributed by atoms with E-state index in [1.807, 2.05) is 0 Å². The van der Waals surface area contributed by atoms with Crippen LogP contribution in [0.15, 0.2) is 42.5 Å². The van der Waals surface area contributed by atoms with Gasteiger partial charge >= 0.3 is 6.09 Å². The molecule has 0 radical (unpaired) electrons. The van der Waals surface area contributed by atoms with Crippen molar-refractivity contribution < 1.29 is 9.53 Å². The molecule has 0 atom stereocenters. The number of methoxy groups -OCH3 is 1. The van der Waals surface area contributed by atoms with Crippen LogP contribution in [0.1, 0.15) is 32.8 Å². The number of rotatable bonds is 6. The second-order valence-corrected chi connectivity index (χ2v) is 5.63. The highest BCUT2D eigenvalue weighted by molar-refractivity contribution is 5.85. The Balaban J connectivity index is 0.000000891. The van der Waals surface area contributed by atoms with Crippen molar-refractivity contribution in [2.45, 2.75) is 33.7 Å². The predicted molar refractivity (Wildman–Crippen MR) is 101 cm³/mol. The van der Waals surface area contributed by atoms with Crippen LogP contribution < -0.4 is 5.32 Å². The van der Waals surface area contributed by atoms with Gasteiger partial charge in [0.05, 0.1) is 7.11 Å². The third kappa shape index (κ3) is 6.59. The summed E-state index contributed by atoms with van der Waals surface area (Å²) in [6.07, 6.45) is 0.871. The molecular weight excluding hydrogens is 300 g/mol. The summed E-state index contributed by atoms with van der Waals surface area (Å²) in [6, 6.07) is 14.8. The monoisotopic (exact) mass is 330 g/mol. The molecule has 1 amide bonds. The highest BCUT2D eigenvalue weighted by Gasteiger charge is 2.07. The molecule has 0 aliphatic rings. The molecule has 0 bridgehead atoms. The first-order valence-corrected chi connectivity index (χ1v) is 8.66. The van der Waals surface area contributed by atoms with E-state index in [-0.39, 0.29) is 6.09 Å². The number of hydrogen-bond donors (Lipinski definition) is 1. The Kier molecular flexibility index (Phi) is 9.54. The Morgan fingerprint density at radius 1 is 1.08 bits per heavy atom. The molecule has 0 aliphatic heterocycles. The third-order valence-electron chi connectivity index (χ3n) is 3.60. The Morgan fingerprint density at radius 3 is 2.42 bits per heavy atom. The maximum atomic E-state index is 11.1. The molecule has 4 nitrogen and oxygen atoms in total. The quantitative estimate of drug-likeness (QED) is 0.851. The van der Waals surface area contributed by atoms with Crippen LogP contribution in [0.3, 0.4) is 0 Å². The first kappa shape index (κ1) is 20.0. The maximum Gasteiger partial charge on any atom is 0.406 e. The fraction of sp³-hybridized carbons (Fsp3) is 0.450. The van der Waals surface area contributed by atoms with Gasteiger partial charge in [-0.15, -0.1) is 0 Å². The zero-order valence-corrected chi connectivity index (χ0v) is 15.3. The van der Waals surface area contributed by atoms with E-state index in [0.717, 1.165) is 19.6 Å². The number of benzene rings is 2. The zero-order chi connectivity index (χ0) is 17.8. The molecule has 24 heavy (non-hydrogen) atoms. The summed E-state index contributed by atoms with van der Waals surface area (Å²) < 4.78 is 4.57. The normalized spacial score (nSPS) is 10.2. The fourth-order valence-electron chi connectivity index (χ4n) is 2.41. The topological polar surface area (TPSA) is 41.6 Å². The minimum absolute atomic E-state index is 0.379. The molecule has 0 aliphatic carbocycles. The van der Waals surface area contributed by atoms with Crippen molar-refractivity contribution in [1.82, 2.24) is 10.2 Å². The van der Waals surface area contributed by atoms with Gasteiger partial charge in [-0.25, -0.2) is 4.79 Å². The zero-order valence-electron chi connectivity index (χ0n) is 15.3. The van der Waals surface area contributed by atoms with Crippen LogP contribution >= 0.6 is 0 Å². The van der Waals surface area contributed by atoms with Crippen LogP contribution in [0.4, 0.5) is 4.79 Å². The Labute approximate surface area is 145 Å². The standard InChI is InChI=1S/C17H22N2O2.C3H8/c1-3-19(12-11-18-17(20)21-2)13-15-9-6-8-14-7-4-5-10-16(14)15;1-3-2/h4-10H,3,11-13H2,1-2H3,(H,18,20);3H2,1-2H3.